The van der Waals surface area contributed by atoms with Gasteiger partial charge in [-0.15, -0.1) is 0 Å². The van der Waals surface area contributed by atoms with Crippen molar-refractivity contribution < 1.29 is 0 Å². The zero-order valence-corrected chi connectivity index (χ0v) is 15.5. The number of nitrogens with one attached hydrogen (secondary N) is 1. The Kier molecular flexibility index (Phi) is 3.95. The van der Waals surface area contributed by atoms with Crippen LogP contribution in [0.3, 0.4) is 0 Å². The van der Waals surface area contributed by atoms with Gasteiger partial charge in [-0.3, -0.25) is 9.55 Å². The molecule has 0 amide bonds. The molecule has 0 saturated carbocycles. The van der Waals surface area contributed by atoms with Crippen LogP contribution in [0.5, 0.6) is 0 Å². The van der Waals surface area contributed by atoms with Gasteiger partial charge >= 0.3 is 5.69 Å². The van der Waals surface area contributed by atoms with Crippen LogP contribution in [0.4, 0.5) is 0 Å². The topological polar surface area (TPSA) is 63.6 Å². The highest BCUT2D eigenvalue weighted by Gasteiger charge is 2.15. The van der Waals surface area contributed by atoms with Gasteiger partial charge in [0, 0.05) is 17.1 Å². The van der Waals surface area contributed by atoms with Crippen LogP contribution in [0.15, 0.2) is 77.7 Å². The molecule has 0 saturated heterocycles. The highest BCUT2D eigenvalue weighted by atomic mass is 35.5. The van der Waals surface area contributed by atoms with Crippen molar-refractivity contribution in [3.05, 3.63) is 94.1 Å². The molecule has 0 unspecified atom stereocenters. The SMILES string of the molecule is O=c1[nH]c2c(Cl)nc3ccccc3c2n1Cc1cccc(-c2ccccn2)c1. The Morgan fingerprint density at radius 1 is 1.00 bits per heavy atom. The smallest absolute Gasteiger partial charge is 0.303 e. The number of hydrogen-bond donors (Lipinski definition) is 1. The largest absolute Gasteiger partial charge is 0.326 e. The third-order valence-electron chi connectivity index (χ3n) is 4.80. The number of hydrogen-bond acceptors (Lipinski definition) is 3. The van der Waals surface area contributed by atoms with Gasteiger partial charge < -0.3 is 4.98 Å². The summed E-state index contributed by atoms with van der Waals surface area (Å²) in [5, 5.41) is 1.19. The number of rotatable bonds is 3. The van der Waals surface area contributed by atoms with Gasteiger partial charge in [0.1, 0.15) is 5.52 Å². The summed E-state index contributed by atoms with van der Waals surface area (Å²) in [6.07, 6.45) is 1.77. The van der Waals surface area contributed by atoms with E-state index in [1.54, 1.807) is 10.8 Å². The van der Waals surface area contributed by atoms with Crippen molar-refractivity contribution in [2.75, 3.05) is 0 Å². The highest BCUT2D eigenvalue weighted by molar-refractivity contribution is 6.35. The summed E-state index contributed by atoms with van der Waals surface area (Å²) in [5.41, 5.74) is 4.79. The van der Waals surface area contributed by atoms with Gasteiger partial charge in [0.25, 0.3) is 0 Å². The van der Waals surface area contributed by atoms with Crippen molar-refractivity contribution in [1.29, 1.82) is 0 Å². The van der Waals surface area contributed by atoms with Crippen LogP contribution < -0.4 is 5.69 Å². The molecule has 0 spiro atoms. The van der Waals surface area contributed by atoms with E-state index in [1.807, 2.05) is 60.7 Å². The number of aromatic nitrogens is 4. The molecule has 0 bridgehead atoms. The molecule has 0 radical (unpaired) electrons. The van der Waals surface area contributed by atoms with Gasteiger partial charge in [-0.25, -0.2) is 9.78 Å². The minimum atomic E-state index is -0.210. The molecule has 0 aliphatic carbocycles. The number of para-hydroxylation sites is 1. The summed E-state index contributed by atoms with van der Waals surface area (Å²) in [6.45, 7) is 0.420. The molecule has 0 fully saturated rings. The van der Waals surface area contributed by atoms with Crippen LogP contribution in [0.1, 0.15) is 5.56 Å². The first-order chi connectivity index (χ1) is 13.7. The third kappa shape index (κ3) is 2.77. The fourth-order valence-corrected chi connectivity index (χ4v) is 3.76. The van der Waals surface area contributed by atoms with E-state index >= 15 is 0 Å². The highest BCUT2D eigenvalue weighted by Crippen LogP contribution is 2.28. The number of nitrogens with zero attached hydrogens (tertiary/aromatic N) is 3. The number of aromatic amines is 1. The van der Waals surface area contributed by atoms with Crippen molar-refractivity contribution in [2.24, 2.45) is 0 Å². The molecule has 1 N–H and O–H groups in total. The van der Waals surface area contributed by atoms with Gasteiger partial charge in [-0.2, -0.15) is 0 Å². The molecule has 0 atom stereocenters. The van der Waals surface area contributed by atoms with Crippen LogP contribution in [0.2, 0.25) is 5.15 Å². The summed E-state index contributed by atoms with van der Waals surface area (Å²) in [4.78, 5) is 24.4. The van der Waals surface area contributed by atoms with E-state index in [9.17, 15) is 4.79 Å². The number of pyridine rings is 2. The van der Waals surface area contributed by atoms with E-state index in [0.717, 1.165) is 33.2 Å². The van der Waals surface area contributed by atoms with Crippen molar-refractivity contribution >= 4 is 33.5 Å². The molecular weight excluding hydrogens is 372 g/mol. The molecule has 3 aromatic heterocycles. The summed E-state index contributed by atoms with van der Waals surface area (Å²) in [5.74, 6) is 0. The second-order valence-electron chi connectivity index (χ2n) is 6.58. The average molecular weight is 387 g/mol. The Labute approximate surface area is 165 Å². The fourth-order valence-electron chi connectivity index (χ4n) is 3.53. The first-order valence-electron chi connectivity index (χ1n) is 8.88. The molecule has 136 valence electrons. The van der Waals surface area contributed by atoms with Crippen molar-refractivity contribution in [3.8, 4) is 11.3 Å². The van der Waals surface area contributed by atoms with E-state index < -0.39 is 0 Å². The molecule has 0 aliphatic heterocycles. The van der Waals surface area contributed by atoms with Crippen LogP contribution in [-0.4, -0.2) is 19.5 Å². The van der Waals surface area contributed by atoms with E-state index in [4.69, 9.17) is 11.6 Å². The number of fused-ring (bicyclic) bond motifs is 3. The summed E-state index contributed by atoms with van der Waals surface area (Å²) < 4.78 is 1.71. The van der Waals surface area contributed by atoms with Crippen LogP contribution in [0, 0.1) is 0 Å². The van der Waals surface area contributed by atoms with E-state index in [1.165, 1.54) is 0 Å². The Hall–Kier alpha value is -3.44. The molecule has 0 aliphatic rings. The zero-order valence-electron chi connectivity index (χ0n) is 14.8. The summed E-state index contributed by atoms with van der Waals surface area (Å²) in [6, 6.07) is 21.5. The van der Waals surface area contributed by atoms with E-state index in [2.05, 4.69) is 21.0 Å². The molecule has 2 aromatic carbocycles. The minimum absolute atomic E-state index is 0.210. The second-order valence-corrected chi connectivity index (χ2v) is 6.93. The Bertz CT molecular complexity index is 1370. The number of H-pyrrole nitrogens is 1. The van der Waals surface area contributed by atoms with Crippen LogP contribution in [0.25, 0.3) is 33.2 Å². The Morgan fingerprint density at radius 2 is 1.86 bits per heavy atom. The minimum Gasteiger partial charge on any atom is -0.303 e. The predicted octanol–water partition coefficient (Wildman–Crippen LogP) is 4.64. The molecule has 5 nitrogen and oxygen atoms in total. The molecular formula is C22H15ClN4O. The second kappa shape index (κ2) is 6.62. The van der Waals surface area contributed by atoms with Crippen LogP contribution in [-0.2, 0) is 6.54 Å². The molecule has 28 heavy (non-hydrogen) atoms. The van der Waals surface area contributed by atoms with Gasteiger partial charge in [-0.1, -0.05) is 54.1 Å². The van der Waals surface area contributed by atoms with Gasteiger partial charge in [-0.05, 0) is 29.8 Å². The molecule has 5 aromatic rings. The fraction of sp³-hybridized carbons (Fsp3) is 0.0455. The van der Waals surface area contributed by atoms with Crippen molar-refractivity contribution in [1.82, 2.24) is 19.5 Å². The lowest BCUT2D eigenvalue weighted by Crippen LogP contribution is -2.17. The van der Waals surface area contributed by atoms with Crippen molar-refractivity contribution in [2.45, 2.75) is 6.54 Å². The number of halogens is 1. The lowest BCUT2D eigenvalue weighted by Gasteiger charge is -2.08. The zero-order chi connectivity index (χ0) is 19.1. The van der Waals surface area contributed by atoms with Gasteiger partial charge in [0.05, 0.1) is 23.3 Å². The maximum absolute atomic E-state index is 12.7. The third-order valence-corrected chi connectivity index (χ3v) is 5.07. The van der Waals surface area contributed by atoms with Gasteiger partial charge in [0.2, 0.25) is 0 Å². The summed E-state index contributed by atoms with van der Waals surface area (Å²) in [7, 11) is 0. The molecule has 5 rings (SSSR count). The van der Waals surface area contributed by atoms with Crippen molar-refractivity contribution in [3.63, 3.8) is 0 Å². The lowest BCUT2D eigenvalue weighted by molar-refractivity contribution is 0.789. The summed E-state index contributed by atoms with van der Waals surface area (Å²) >= 11 is 6.33. The number of imidazole rings is 1. The number of benzene rings is 2. The monoisotopic (exact) mass is 386 g/mol. The first kappa shape index (κ1) is 16.7. The quantitative estimate of drug-likeness (QED) is 0.459. The van der Waals surface area contributed by atoms with E-state index in [0.29, 0.717) is 17.2 Å². The lowest BCUT2D eigenvalue weighted by atomic mass is 10.1. The van der Waals surface area contributed by atoms with E-state index in [-0.39, 0.29) is 5.69 Å². The Balaban J connectivity index is 1.67. The first-order valence-corrected chi connectivity index (χ1v) is 9.25. The molecule has 3 heterocycles. The molecule has 6 heteroatoms. The Morgan fingerprint density at radius 3 is 2.71 bits per heavy atom. The standard InChI is InChI=1S/C22H15ClN4O/c23-21-19-20(16-8-1-2-10-18(16)25-21)27(22(28)26-19)13-14-6-5-7-15(12-14)17-9-3-4-11-24-17/h1-12H,13H2,(H,26,28). The normalized spacial score (nSPS) is 11.3. The van der Waals surface area contributed by atoms with Gasteiger partial charge in [0.15, 0.2) is 5.15 Å². The maximum Gasteiger partial charge on any atom is 0.326 e. The average Bonchev–Trinajstić information content (AvgIpc) is 3.06. The maximum atomic E-state index is 12.7. The van der Waals surface area contributed by atoms with Crippen LogP contribution >= 0.6 is 11.6 Å². The predicted molar refractivity (Wildman–Crippen MR) is 112 cm³/mol.